The number of rotatable bonds is 3. The van der Waals surface area contributed by atoms with E-state index in [2.05, 4.69) is 5.10 Å². The monoisotopic (exact) mass is 218 g/mol. The molecule has 2 fully saturated rings. The second-order valence-corrected chi connectivity index (χ2v) is 5.44. The van der Waals surface area contributed by atoms with E-state index >= 15 is 0 Å². The Morgan fingerprint density at radius 2 is 2.38 bits per heavy atom. The van der Waals surface area contributed by atoms with E-state index in [1.165, 1.54) is 25.7 Å². The van der Waals surface area contributed by atoms with Crippen LogP contribution in [0.1, 0.15) is 42.6 Å². The fourth-order valence-electron chi connectivity index (χ4n) is 3.53. The maximum Gasteiger partial charge on any atom is 0.183 e. The van der Waals surface area contributed by atoms with Gasteiger partial charge in [-0.1, -0.05) is 6.42 Å². The van der Waals surface area contributed by atoms with Crippen molar-refractivity contribution in [2.24, 2.45) is 24.8 Å². The Kier molecular flexibility index (Phi) is 2.34. The topological polar surface area (TPSA) is 34.9 Å². The van der Waals surface area contributed by atoms with Crippen LogP contribution in [-0.2, 0) is 7.05 Å². The van der Waals surface area contributed by atoms with Gasteiger partial charge in [0.2, 0.25) is 0 Å². The molecule has 16 heavy (non-hydrogen) atoms. The first-order valence-corrected chi connectivity index (χ1v) is 6.25. The van der Waals surface area contributed by atoms with E-state index in [0.29, 0.717) is 11.6 Å². The summed E-state index contributed by atoms with van der Waals surface area (Å²) in [4.78, 5) is 12.0. The van der Waals surface area contributed by atoms with Crippen molar-refractivity contribution in [2.75, 3.05) is 0 Å². The van der Waals surface area contributed by atoms with E-state index in [1.807, 2.05) is 19.3 Å². The summed E-state index contributed by atoms with van der Waals surface area (Å²) >= 11 is 0. The van der Waals surface area contributed by atoms with E-state index in [0.717, 1.165) is 18.3 Å². The van der Waals surface area contributed by atoms with Crippen molar-refractivity contribution in [3.05, 3.63) is 18.0 Å². The summed E-state index contributed by atoms with van der Waals surface area (Å²) in [7, 11) is 1.86. The quantitative estimate of drug-likeness (QED) is 0.730. The van der Waals surface area contributed by atoms with Crippen LogP contribution in [0.15, 0.2) is 12.3 Å². The van der Waals surface area contributed by atoms with Crippen molar-refractivity contribution >= 4 is 5.78 Å². The van der Waals surface area contributed by atoms with Crippen LogP contribution < -0.4 is 0 Å². The summed E-state index contributed by atoms with van der Waals surface area (Å²) in [5.74, 6) is 2.63. The molecule has 0 radical (unpaired) electrons. The minimum Gasteiger partial charge on any atom is -0.292 e. The minimum atomic E-state index is 0.234. The standard InChI is InChI=1S/C13H18N2O/c1-15-5-4-12(14-15)13(16)8-11-7-9-2-3-10(11)6-9/h4-5,9-11H,2-3,6-8H2,1H3. The van der Waals surface area contributed by atoms with Gasteiger partial charge >= 0.3 is 0 Å². The van der Waals surface area contributed by atoms with Gasteiger partial charge in [0.1, 0.15) is 5.69 Å². The third-order valence-corrected chi connectivity index (χ3v) is 4.33. The predicted molar refractivity (Wildman–Crippen MR) is 61.1 cm³/mol. The maximum absolute atomic E-state index is 12.0. The highest BCUT2D eigenvalue weighted by molar-refractivity contribution is 5.94. The molecule has 2 aliphatic rings. The molecule has 0 aromatic carbocycles. The third-order valence-electron chi connectivity index (χ3n) is 4.33. The molecule has 3 nitrogen and oxygen atoms in total. The molecule has 2 bridgehead atoms. The maximum atomic E-state index is 12.0. The van der Waals surface area contributed by atoms with E-state index < -0.39 is 0 Å². The Bertz CT molecular complexity index is 410. The van der Waals surface area contributed by atoms with Crippen molar-refractivity contribution < 1.29 is 4.79 Å². The molecule has 3 unspecified atom stereocenters. The molecule has 0 aliphatic heterocycles. The van der Waals surface area contributed by atoms with E-state index in [4.69, 9.17) is 0 Å². The van der Waals surface area contributed by atoms with Gasteiger partial charge in [0.25, 0.3) is 0 Å². The van der Waals surface area contributed by atoms with Gasteiger partial charge < -0.3 is 0 Å². The molecular weight excluding hydrogens is 200 g/mol. The molecule has 86 valence electrons. The van der Waals surface area contributed by atoms with Crippen molar-refractivity contribution in [3.63, 3.8) is 0 Å². The smallest absolute Gasteiger partial charge is 0.183 e. The van der Waals surface area contributed by atoms with Crippen molar-refractivity contribution in [2.45, 2.75) is 32.1 Å². The Labute approximate surface area is 95.8 Å². The van der Waals surface area contributed by atoms with Crippen LogP contribution in [0.25, 0.3) is 0 Å². The van der Waals surface area contributed by atoms with Gasteiger partial charge in [-0.05, 0) is 43.1 Å². The van der Waals surface area contributed by atoms with Gasteiger partial charge in [0, 0.05) is 19.7 Å². The van der Waals surface area contributed by atoms with Crippen molar-refractivity contribution in [1.29, 1.82) is 0 Å². The average molecular weight is 218 g/mol. The van der Waals surface area contributed by atoms with E-state index in [9.17, 15) is 4.79 Å². The van der Waals surface area contributed by atoms with Crippen LogP contribution in [-0.4, -0.2) is 15.6 Å². The number of fused-ring (bicyclic) bond motifs is 2. The van der Waals surface area contributed by atoms with E-state index in [-0.39, 0.29) is 5.78 Å². The van der Waals surface area contributed by atoms with Crippen LogP contribution >= 0.6 is 0 Å². The van der Waals surface area contributed by atoms with Crippen LogP contribution in [0.2, 0.25) is 0 Å². The molecule has 0 N–H and O–H groups in total. The van der Waals surface area contributed by atoms with Crippen LogP contribution in [0.4, 0.5) is 0 Å². The Morgan fingerprint density at radius 1 is 1.50 bits per heavy atom. The summed E-state index contributed by atoms with van der Waals surface area (Å²) < 4.78 is 1.70. The van der Waals surface area contributed by atoms with Crippen LogP contribution in [0, 0.1) is 17.8 Å². The lowest BCUT2D eigenvalue weighted by Crippen LogP contribution is -2.15. The number of hydrogen-bond acceptors (Lipinski definition) is 2. The highest BCUT2D eigenvalue weighted by Gasteiger charge is 2.40. The molecule has 2 saturated carbocycles. The highest BCUT2D eigenvalue weighted by atomic mass is 16.1. The Hall–Kier alpha value is -1.12. The number of hydrogen-bond donors (Lipinski definition) is 0. The zero-order chi connectivity index (χ0) is 11.1. The van der Waals surface area contributed by atoms with Crippen molar-refractivity contribution in [3.8, 4) is 0 Å². The molecule has 0 amide bonds. The number of aromatic nitrogens is 2. The molecule has 1 aromatic rings. The first-order valence-electron chi connectivity index (χ1n) is 6.25. The number of ketones is 1. The summed E-state index contributed by atoms with van der Waals surface area (Å²) in [6, 6.07) is 1.83. The Morgan fingerprint density at radius 3 is 2.94 bits per heavy atom. The SMILES string of the molecule is Cn1ccc(C(=O)CC2CC3CCC2C3)n1. The van der Waals surface area contributed by atoms with Crippen LogP contribution in [0.5, 0.6) is 0 Å². The number of Topliss-reactive ketones (excluding diaryl/α,β-unsaturated/α-hetero) is 1. The van der Waals surface area contributed by atoms with E-state index in [1.54, 1.807) is 4.68 Å². The first kappa shape index (κ1) is 10.1. The fourth-order valence-corrected chi connectivity index (χ4v) is 3.53. The molecule has 0 saturated heterocycles. The predicted octanol–water partition coefficient (Wildman–Crippen LogP) is 2.43. The molecule has 0 spiro atoms. The summed E-state index contributed by atoms with van der Waals surface area (Å²) in [5.41, 5.74) is 0.644. The lowest BCUT2D eigenvalue weighted by molar-refractivity contribution is 0.0938. The minimum absolute atomic E-state index is 0.234. The molecule has 3 atom stereocenters. The molecule has 1 aromatic heterocycles. The fraction of sp³-hybridized carbons (Fsp3) is 0.692. The summed E-state index contributed by atoms with van der Waals surface area (Å²) in [6.45, 7) is 0. The van der Waals surface area contributed by atoms with Gasteiger partial charge in [0.05, 0.1) is 0 Å². The lowest BCUT2D eigenvalue weighted by atomic mass is 9.85. The second kappa shape index (κ2) is 3.72. The molecular formula is C13H18N2O. The number of aryl methyl sites for hydroxylation is 1. The highest BCUT2D eigenvalue weighted by Crippen LogP contribution is 2.49. The lowest BCUT2D eigenvalue weighted by Gasteiger charge is -2.20. The van der Waals surface area contributed by atoms with Crippen LogP contribution in [0.3, 0.4) is 0 Å². The van der Waals surface area contributed by atoms with Crippen molar-refractivity contribution in [1.82, 2.24) is 9.78 Å². The molecule has 3 heteroatoms. The average Bonchev–Trinajstić information content (AvgIpc) is 2.92. The zero-order valence-corrected chi connectivity index (χ0v) is 9.72. The number of carbonyl (C=O) groups excluding carboxylic acids is 1. The molecule has 1 heterocycles. The third kappa shape index (κ3) is 1.68. The van der Waals surface area contributed by atoms with Gasteiger partial charge in [-0.15, -0.1) is 0 Å². The summed E-state index contributed by atoms with van der Waals surface area (Å²) in [5, 5.41) is 4.18. The Balaban J connectivity index is 1.65. The summed E-state index contributed by atoms with van der Waals surface area (Å²) in [6.07, 6.45) is 7.97. The van der Waals surface area contributed by atoms with Gasteiger partial charge in [-0.2, -0.15) is 5.10 Å². The number of carbonyl (C=O) groups is 1. The second-order valence-electron chi connectivity index (χ2n) is 5.44. The van der Waals surface area contributed by atoms with Gasteiger partial charge in [-0.3, -0.25) is 9.48 Å². The van der Waals surface area contributed by atoms with Gasteiger partial charge in [-0.25, -0.2) is 0 Å². The molecule has 2 aliphatic carbocycles. The largest absolute Gasteiger partial charge is 0.292 e. The molecule has 3 rings (SSSR count). The number of nitrogens with zero attached hydrogens (tertiary/aromatic N) is 2. The van der Waals surface area contributed by atoms with Gasteiger partial charge in [0.15, 0.2) is 5.78 Å². The first-order chi connectivity index (χ1) is 7.72. The zero-order valence-electron chi connectivity index (χ0n) is 9.72. The normalized spacial score (nSPS) is 32.2.